The number of aliphatic hydroxyl groups is 1. The summed E-state index contributed by atoms with van der Waals surface area (Å²) in [5.41, 5.74) is 4.38. The van der Waals surface area contributed by atoms with Crippen LogP contribution >= 0.6 is 0 Å². The second kappa shape index (κ2) is 15.3. The third kappa shape index (κ3) is 6.88. The number of hydrogen-bond donors (Lipinski definition) is 1. The molecule has 0 aromatic heterocycles. The van der Waals surface area contributed by atoms with Gasteiger partial charge in [0, 0.05) is 6.54 Å². The molecule has 0 saturated carbocycles. The largest absolute Gasteiger partial charge is 0.394 e. The van der Waals surface area contributed by atoms with Gasteiger partial charge >= 0.3 is 0 Å². The van der Waals surface area contributed by atoms with E-state index >= 15 is 0 Å². The zero-order chi connectivity index (χ0) is 25.7. The van der Waals surface area contributed by atoms with E-state index in [-0.39, 0.29) is 13.2 Å². The van der Waals surface area contributed by atoms with Gasteiger partial charge in [-0.05, 0) is 49.5 Å². The summed E-state index contributed by atoms with van der Waals surface area (Å²) in [5, 5.41) is 9.09. The molecule has 0 spiro atoms. The van der Waals surface area contributed by atoms with Crippen molar-refractivity contribution in [3.63, 3.8) is 0 Å². The van der Waals surface area contributed by atoms with Crippen molar-refractivity contribution in [2.75, 3.05) is 26.4 Å². The molecule has 1 heterocycles. The van der Waals surface area contributed by atoms with Crippen LogP contribution in [-0.4, -0.2) is 40.0 Å². The maximum Gasteiger partial charge on any atom is 0.129 e. The van der Waals surface area contributed by atoms with Crippen molar-refractivity contribution in [2.45, 2.75) is 77.7 Å². The number of ether oxygens (including phenoxy) is 1. The molecular weight excluding hydrogens is 442 g/mol. The number of hydrogen-bond acceptors (Lipinski definition) is 3. The first kappa shape index (κ1) is 30.2. The van der Waals surface area contributed by atoms with Crippen molar-refractivity contribution in [2.24, 2.45) is 0 Å². The van der Waals surface area contributed by atoms with Crippen LogP contribution in [0.1, 0.15) is 72.8 Å². The topological polar surface area (TPSA) is 49.8 Å². The molecule has 4 nitrogen and oxygen atoms in total. The maximum atomic E-state index is 13.7. The molecular formula is C29H45NO3S. The van der Waals surface area contributed by atoms with Gasteiger partial charge in [0.1, 0.15) is 16.5 Å². The first-order valence-corrected chi connectivity index (χ1v) is 13.7. The van der Waals surface area contributed by atoms with E-state index in [0.29, 0.717) is 13.2 Å². The fraction of sp³-hybridized carbons (Fsp3) is 0.517. The summed E-state index contributed by atoms with van der Waals surface area (Å²) < 4.78 is 21.2. The molecule has 0 fully saturated rings. The molecule has 0 radical (unpaired) electrons. The fourth-order valence-electron chi connectivity index (χ4n) is 4.47. The van der Waals surface area contributed by atoms with E-state index in [1.807, 2.05) is 42.4 Å². The molecule has 1 aliphatic rings. The van der Waals surface area contributed by atoms with Crippen LogP contribution in [0.3, 0.4) is 0 Å². The van der Waals surface area contributed by atoms with Gasteiger partial charge in [-0.15, -0.1) is 0 Å². The second-order valence-corrected chi connectivity index (χ2v) is 9.80. The molecule has 5 heteroatoms. The van der Waals surface area contributed by atoms with Crippen molar-refractivity contribution in [3.05, 3.63) is 77.4 Å². The molecule has 0 aliphatic carbocycles. The van der Waals surface area contributed by atoms with E-state index in [0.717, 1.165) is 47.3 Å². The minimum atomic E-state index is -1.38. The monoisotopic (exact) mass is 487 g/mol. The van der Waals surface area contributed by atoms with E-state index in [1.165, 1.54) is 11.1 Å². The molecule has 1 aromatic rings. The molecule has 1 N–H and O–H groups in total. The lowest BCUT2D eigenvalue weighted by atomic mass is 9.75. The second-order valence-electron chi connectivity index (χ2n) is 8.43. The fourth-order valence-corrected chi connectivity index (χ4v) is 6.13. The van der Waals surface area contributed by atoms with Crippen LogP contribution in [-0.2, 0) is 21.3 Å². The Hall–Kier alpha value is -1.79. The predicted molar refractivity (Wildman–Crippen MR) is 146 cm³/mol. The average molecular weight is 488 g/mol. The first-order chi connectivity index (χ1) is 16.3. The van der Waals surface area contributed by atoms with Gasteiger partial charge in [0.2, 0.25) is 0 Å². The van der Waals surface area contributed by atoms with Gasteiger partial charge in [-0.25, -0.2) is 4.21 Å². The average Bonchev–Trinajstić information content (AvgIpc) is 3.07. The van der Waals surface area contributed by atoms with Crippen LogP contribution in [0.2, 0.25) is 0 Å². The SMILES string of the molecule is C=C(/C=C(\C)CCC)C1(C(=C)/C=C(\C)CCC)c2ccccc2S(=O)N1CCOCCO.CC. The smallest absolute Gasteiger partial charge is 0.129 e. The highest BCUT2D eigenvalue weighted by Gasteiger charge is 2.52. The molecule has 0 bridgehead atoms. The molecule has 2 rings (SSSR count). The van der Waals surface area contributed by atoms with Crippen molar-refractivity contribution in [1.29, 1.82) is 0 Å². The van der Waals surface area contributed by atoms with Crippen LogP contribution in [0.15, 0.2) is 76.8 Å². The first-order valence-electron chi connectivity index (χ1n) is 12.5. The van der Waals surface area contributed by atoms with Crippen molar-refractivity contribution in [3.8, 4) is 0 Å². The molecule has 1 atom stereocenters. The van der Waals surface area contributed by atoms with Crippen LogP contribution in [0.5, 0.6) is 0 Å². The van der Waals surface area contributed by atoms with Crippen molar-refractivity contribution in [1.82, 2.24) is 4.31 Å². The minimum absolute atomic E-state index is 0.0359. The molecule has 0 amide bonds. The minimum Gasteiger partial charge on any atom is -0.394 e. The Kier molecular flexibility index (Phi) is 13.6. The van der Waals surface area contributed by atoms with Gasteiger partial charge in [-0.2, -0.15) is 4.31 Å². The summed E-state index contributed by atoms with van der Waals surface area (Å²) in [7, 11) is -1.38. The Morgan fingerprint density at radius 1 is 1.03 bits per heavy atom. The molecule has 1 aromatic carbocycles. The van der Waals surface area contributed by atoms with Gasteiger partial charge in [-0.3, -0.25) is 0 Å². The van der Waals surface area contributed by atoms with Gasteiger partial charge < -0.3 is 9.84 Å². The number of fused-ring (bicyclic) bond motifs is 1. The Labute approximate surface area is 210 Å². The van der Waals surface area contributed by atoms with Gasteiger partial charge in [0.15, 0.2) is 0 Å². The quantitative estimate of drug-likeness (QED) is 0.244. The Morgan fingerprint density at radius 2 is 1.56 bits per heavy atom. The summed E-state index contributed by atoms with van der Waals surface area (Å²) in [6.07, 6.45) is 8.35. The predicted octanol–water partition coefficient (Wildman–Crippen LogP) is 6.86. The summed E-state index contributed by atoms with van der Waals surface area (Å²) in [6.45, 7) is 22.6. The summed E-state index contributed by atoms with van der Waals surface area (Å²) in [4.78, 5) is 0.792. The number of rotatable bonds is 13. The maximum absolute atomic E-state index is 13.7. The number of allylic oxidation sites excluding steroid dienone is 2. The lowest BCUT2D eigenvalue weighted by Crippen LogP contribution is -2.46. The zero-order valence-corrected chi connectivity index (χ0v) is 23.0. The Balaban J connectivity index is 0.00000281. The number of benzene rings is 1. The third-order valence-corrected chi connectivity index (χ3v) is 7.36. The molecule has 1 unspecified atom stereocenters. The standard InChI is InChI=1S/C27H39NO3S.C2H6/c1-7-11-21(3)19-23(5)27(24(6)20-22(4)12-8-2)25-13-9-10-14-26(25)32(30)28(27)15-17-31-18-16-29;1-2/h9-10,13-14,19-20,29H,5-8,11-12,15-18H2,1-4H3;1-2H3/b21-19+,22-20+;. The van der Waals surface area contributed by atoms with Gasteiger partial charge in [0.05, 0.1) is 24.7 Å². The zero-order valence-electron chi connectivity index (χ0n) is 22.2. The summed E-state index contributed by atoms with van der Waals surface area (Å²) >= 11 is 0. The van der Waals surface area contributed by atoms with Crippen LogP contribution in [0.4, 0.5) is 0 Å². The molecule has 1 aliphatic heterocycles. The van der Waals surface area contributed by atoms with E-state index in [9.17, 15) is 4.21 Å². The van der Waals surface area contributed by atoms with E-state index in [2.05, 4.69) is 53.0 Å². The summed E-state index contributed by atoms with van der Waals surface area (Å²) in [6, 6.07) is 7.89. The lowest BCUT2D eigenvalue weighted by Gasteiger charge is -2.40. The van der Waals surface area contributed by atoms with Crippen LogP contribution in [0.25, 0.3) is 0 Å². The lowest BCUT2D eigenvalue weighted by molar-refractivity contribution is 0.0794. The third-order valence-electron chi connectivity index (χ3n) is 5.77. The normalized spacial score (nSPS) is 17.7. The van der Waals surface area contributed by atoms with E-state index in [4.69, 9.17) is 9.84 Å². The highest BCUT2D eigenvalue weighted by molar-refractivity contribution is 7.83. The summed E-state index contributed by atoms with van der Waals surface area (Å²) in [5.74, 6) is 0. The van der Waals surface area contributed by atoms with Crippen LogP contribution < -0.4 is 0 Å². The van der Waals surface area contributed by atoms with Crippen LogP contribution in [0, 0.1) is 0 Å². The Bertz CT molecular complexity index is 866. The number of nitrogens with zero attached hydrogens (tertiary/aromatic N) is 1. The Morgan fingerprint density at radius 3 is 2.06 bits per heavy atom. The number of aliphatic hydroxyl groups excluding tert-OH is 1. The van der Waals surface area contributed by atoms with Crippen molar-refractivity contribution >= 4 is 11.0 Å². The van der Waals surface area contributed by atoms with Crippen molar-refractivity contribution < 1.29 is 14.1 Å². The molecule has 34 heavy (non-hydrogen) atoms. The highest BCUT2D eigenvalue weighted by Crippen LogP contribution is 2.51. The van der Waals surface area contributed by atoms with Gasteiger partial charge in [-0.1, -0.05) is 95.2 Å². The van der Waals surface area contributed by atoms with E-state index < -0.39 is 16.5 Å². The molecule has 0 saturated heterocycles. The molecule has 190 valence electrons. The highest BCUT2D eigenvalue weighted by atomic mass is 32.2. The van der Waals surface area contributed by atoms with E-state index in [1.54, 1.807) is 0 Å². The van der Waals surface area contributed by atoms with Gasteiger partial charge in [0.25, 0.3) is 0 Å².